The van der Waals surface area contributed by atoms with Gasteiger partial charge in [-0.3, -0.25) is 9.59 Å². The standard InChI is InChI=1S/C19H20N2O3/c1-24-17-10-8-16(9-11-17)19(23)21-14-13-20-18(22)12-7-15-5-3-2-4-6-15/h2-12H,13-14H2,1H3,(H,20,22)(H,21,23)/b12-7+. The summed E-state index contributed by atoms with van der Waals surface area (Å²) in [5.41, 5.74) is 1.51. The van der Waals surface area contributed by atoms with Crippen molar-refractivity contribution in [3.05, 3.63) is 71.8 Å². The van der Waals surface area contributed by atoms with E-state index in [4.69, 9.17) is 4.74 Å². The predicted octanol–water partition coefficient (Wildman–Crippen LogP) is 2.25. The lowest BCUT2D eigenvalue weighted by molar-refractivity contribution is -0.116. The molecule has 0 bridgehead atoms. The lowest BCUT2D eigenvalue weighted by Gasteiger charge is -2.06. The van der Waals surface area contributed by atoms with Gasteiger partial charge in [0.05, 0.1) is 7.11 Å². The molecule has 124 valence electrons. The Bertz CT molecular complexity index is 694. The number of amides is 2. The van der Waals surface area contributed by atoms with Gasteiger partial charge in [-0.05, 0) is 35.9 Å². The fourth-order valence-corrected chi connectivity index (χ4v) is 2.00. The van der Waals surface area contributed by atoms with Gasteiger partial charge in [0.25, 0.3) is 5.91 Å². The summed E-state index contributed by atoms with van der Waals surface area (Å²) in [6.07, 6.45) is 3.21. The second-order valence-corrected chi connectivity index (χ2v) is 5.02. The Labute approximate surface area is 141 Å². The summed E-state index contributed by atoms with van der Waals surface area (Å²) < 4.78 is 5.04. The fraction of sp³-hybridized carbons (Fsp3) is 0.158. The molecule has 0 aliphatic heterocycles. The van der Waals surface area contributed by atoms with Crippen molar-refractivity contribution in [2.24, 2.45) is 0 Å². The highest BCUT2D eigenvalue weighted by molar-refractivity contribution is 5.94. The molecule has 0 aliphatic rings. The van der Waals surface area contributed by atoms with Gasteiger partial charge in [-0.15, -0.1) is 0 Å². The van der Waals surface area contributed by atoms with Crippen LogP contribution < -0.4 is 15.4 Å². The van der Waals surface area contributed by atoms with Crippen LogP contribution in [0.5, 0.6) is 5.75 Å². The monoisotopic (exact) mass is 324 g/mol. The van der Waals surface area contributed by atoms with E-state index in [1.807, 2.05) is 30.3 Å². The third-order valence-electron chi connectivity index (χ3n) is 3.29. The van der Waals surface area contributed by atoms with E-state index in [1.165, 1.54) is 6.08 Å². The Morgan fingerprint density at radius 2 is 1.62 bits per heavy atom. The summed E-state index contributed by atoms with van der Waals surface area (Å²) in [5, 5.41) is 5.46. The Kier molecular flexibility index (Phi) is 6.58. The van der Waals surface area contributed by atoms with Crippen molar-refractivity contribution in [3.63, 3.8) is 0 Å². The molecular weight excluding hydrogens is 304 g/mol. The van der Waals surface area contributed by atoms with Crippen LogP contribution in [-0.4, -0.2) is 32.0 Å². The van der Waals surface area contributed by atoms with Crippen LogP contribution in [0.15, 0.2) is 60.7 Å². The van der Waals surface area contributed by atoms with Crippen LogP contribution in [0.4, 0.5) is 0 Å². The maximum atomic E-state index is 11.9. The van der Waals surface area contributed by atoms with Gasteiger partial charge in [0.1, 0.15) is 5.75 Å². The molecule has 24 heavy (non-hydrogen) atoms. The molecule has 0 radical (unpaired) electrons. The molecule has 0 aliphatic carbocycles. The summed E-state index contributed by atoms with van der Waals surface area (Å²) in [5.74, 6) is 0.313. The van der Waals surface area contributed by atoms with Gasteiger partial charge in [0.15, 0.2) is 0 Å². The third-order valence-corrected chi connectivity index (χ3v) is 3.29. The second kappa shape index (κ2) is 9.15. The molecule has 2 rings (SSSR count). The van der Waals surface area contributed by atoms with E-state index < -0.39 is 0 Å². The zero-order chi connectivity index (χ0) is 17.2. The molecule has 0 saturated carbocycles. The highest BCUT2D eigenvalue weighted by Crippen LogP contribution is 2.10. The summed E-state index contributed by atoms with van der Waals surface area (Å²) in [6, 6.07) is 16.4. The van der Waals surface area contributed by atoms with Crippen LogP contribution in [0.2, 0.25) is 0 Å². The van der Waals surface area contributed by atoms with Crippen LogP contribution >= 0.6 is 0 Å². The normalized spacial score (nSPS) is 10.4. The summed E-state index contributed by atoms with van der Waals surface area (Å²) in [6.45, 7) is 0.718. The predicted molar refractivity (Wildman–Crippen MR) is 93.8 cm³/mol. The van der Waals surface area contributed by atoms with Gasteiger partial charge in [-0.25, -0.2) is 0 Å². The van der Waals surface area contributed by atoms with Crippen LogP contribution in [0.3, 0.4) is 0 Å². The van der Waals surface area contributed by atoms with E-state index in [0.29, 0.717) is 24.4 Å². The third kappa shape index (κ3) is 5.61. The molecule has 2 aromatic carbocycles. The van der Waals surface area contributed by atoms with E-state index in [0.717, 1.165) is 5.56 Å². The molecule has 2 aromatic rings. The van der Waals surface area contributed by atoms with E-state index in [1.54, 1.807) is 37.5 Å². The lowest BCUT2D eigenvalue weighted by atomic mass is 10.2. The first kappa shape index (κ1) is 17.3. The number of hydrogen-bond acceptors (Lipinski definition) is 3. The SMILES string of the molecule is COc1ccc(C(=O)NCCNC(=O)/C=C/c2ccccc2)cc1. The van der Waals surface area contributed by atoms with Crippen LogP contribution in [0.25, 0.3) is 6.08 Å². The molecule has 0 aromatic heterocycles. The Morgan fingerprint density at radius 3 is 2.29 bits per heavy atom. The largest absolute Gasteiger partial charge is 0.497 e. The van der Waals surface area contributed by atoms with Gasteiger partial charge in [-0.1, -0.05) is 30.3 Å². The second-order valence-electron chi connectivity index (χ2n) is 5.02. The first-order valence-corrected chi connectivity index (χ1v) is 7.62. The van der Waals surface area contributed by atoms with Gasteiger partial charge < -0.3 is 15.4 Å². The van der Waals surface area contributed by atoms with E-state index in [-0.39, 0.29) is 11.8 Å². The average molecular weight is 324 g/mol. The van der Waals surface area contributed by atoms with Crippen molar-refractivity contribution >= 4 is 17.9 Å². The molecule has 0 unspecified atom stereocenters. The number of rotatable bonds is 7. The molecule has 0 fully saturated rings. The van der Waals surface area contributed by atoms with Crippen molar-refractivity contribution < 1.29 is 14.3 Å². The molecule has 5 nitrogen and oxygen atoms in total. The lowest BCUT2D eigenvalue weighted by Crippen LogP contribution is -2.33. The van der Waals surface area contributed by atoms with Crippen molar-refractivity contribution in [2.45, 2.75) is 0 Å². The number of ether oxygens (including phenoxy) is 1. The zero-order valence-corrected chi connectivity index (χ0v) is 13.5. The zero-order valence-electron chi connectivity index (χ0n) is 13.5. The molecule has 0 atom stereocenters. The summed E-state index contributed by atoms with van der Waals surface area (Å²) >= 11 is 0. The minimum Gasteiger partial charge on any atom is -0.497 e. The number of carbonyl (C=O) groups excluding carboxylic acids is 2. The van der Waals surface area contributed by atoms with Gasteiger partial charge in [-0.2, -0.15) is 0 Å². The Balaban J connectivity index is 1.69. The highest BCUT2D eigenvalue weighted by Gasteiger charge is 2.04. The minimum atomic E-state index is -0.197. The topological polar surface area (TPSA) is 67.4 Å². The quantitative estimate of drug-likeness (QED) is 0.606. The van der Waals surface area contributed by atoms with Crippen molar-refractivity contribution in [1.29, 1.82) is 0 Å². The fourth-order valence-electron chi connectivity index (χ4n) is 2.00. The molecule has 0 saturated heterocycles. The van der Waals surface area contributed by atoms with E-state index in [9.17, 15) is 9.59 Å². The number of hydrogen-bond donors (Lipinski definition) is 2. The maximum absolute atomic E-state index is 11.9. The molecule has 5 heteroatoms. The van der Waals surface area contributed by atoms with Gasteiger partial charge >= 0.3 is 0 Å². The summed E-state index contributed by atoms with van der Waals surface area (Å²) in [7, 11) is 1.57. The Hall–Kier alpha value is -3.08. The average Bonchev–Trinajstić information content (AvgIpc) is 2.64. The van der Waals surface area contributed by atoms with Crippen LogP contribution in [0.1, 0.15) is 15.9 Å². The first-order valence-electron chi connectivity index (χ1n) is 7.62. The number of benzene rings is 2. The van der Waals surface area contributed by atoms with Crippen LogP contribution in [-0.2, 0) is 4.79 Å². The van der Waals surface area contributed by atoms with Crippen molar-refractivity contribution in [2.75, 3.05) is 20.2 Å². The van der Waals surface area contributed by atoms with Crippen molar-refractivity contribution in [3.8, 4) is 5.75 Å². The Morgan fingerprint density at radius 1 is 0.958 bits per heavy atom. The van der Waals surface area contributed by atoms with E-state index >= 15 is 0 Å². The highest BCUT2D eigenvalue weighted by atomic mass is 16.5. The van der Waals surface area contributed by atoms with Crippen molar-refractivity contribution in [1.82, 2.24) is 10.6 Å². The first-order chi connectivity index (χ1) is 11.7. The molecule has 2 amide bonds. The summed E-state index contributed by atoms with van der Waals surface area (Å²) in [4.78, 5) is 23.6. The van der Waals surface area contributed by atoms with Crippen LogP contribution in [0, 0.1) is 0 Å². The molecule has 0 spiro atoms. The maximum Gasteiger partial charge on any atom is 0.251 e. The van der Waals surface area contributed by atoms with E-state index in [2.05, 4.69) is 10.6 Å². The van der Waals surface area contributed by atoms with Gasteiger partial charge in [0.2, 0.25) is 5.91 Å². The molecule has 2 N–H and O–H groups in total. The number of nitrogens with one attached hydrogen (secondary N) is 2. The number of methoxy groups -OCH3 is 1. The molecular formula is C19H20N2O3. The minimum absolute atomic E-state index is 0.188. The van der Waals surface area contributed by atoms with Gasteiger partial charge in [0, 0.05) is 24.7 Å². The number of carbonyl (C=O) groups is 2. The smallest absolute Gasteiger partial charge is 0.251 e. The molecule has 0 heterocycles.